The molecule has 2 aromatic carbocycles. The molecule has 1 aromatic heterocycles. The lowest BCUT2D eigenvalue weighted by molar-refractivity contribution is 0.0527. The lowest BCUT2D eigenvalue weighted by Crippen LogP contribution is -2.45. The van der Waals surface area contributed by atoms with Crippen molar-refractivity contribution in [3.05, 3.63) is 57.0 Å². The molecule has 6 nitrogen and oxygen atoms in total. The van der Waals surface area contributed by atoms with Gasteiger partial charge in [-0.1, -0.05) is 23.2 Å². The molecule has 3 aromatic rings. The summed E-state index contributed by atoms with van der Waals surface area (Å²) in [5.74, 6) is -0.504. The number of esters is 1. The molecule has 1 aliphatic rings. The predicted molar refractivity (Wildman–Crippen MR) is 125 cm³/mol. The van der Waals surface area contributed by atoms with Gasteiger partial charge in [0.05, 0.1) is 43.6 Å². The van der Waals surface area contributed by atoms with Gasteiger partial charge in [0.2, 0.25) is 0 Å². The Morgan fingerprint density at radius 3 is 2.68 bits per heavy atom. The number of hydrogen-bond acceptors (Lipinski definition) is 6. The van der Waals surface area contributed by atoms with E-state index in [1.807, 2.05) is 12.1 Å². The van der Waals surface area contributed by atoms with Crippen LogP contribution in [-0.2, 0) is 4.74 Å². The summed E-state index contributed by atoms with van der Waals surface area (Å²) >= 11 is 13.4. The molecule has 1 saturated heterocycles. The van der Waals surface area contributed by atoms with E-state index in [9.17, 15) is 9.59 Å². The fourth-order valence-corrected chi connectivity index (χ4v) is 4.69. The molecule has 2 heterocycles. The first-order valence-corrected chi connectivity index (χ1v) is 11.6. The van der Waals surface area contributed by atoms with E-state index < -0.39 is 0 Å². The number of ether oxygens (including phenoxy) is 1. The number of hydrogen-bond donors (Lipinski definition) is 1. The molecule has 31 heavy (non-hydrogen) atoms. The largest absolute Gasteiger partial charge is 0.462 e. The van der Waals surface area contributed by atoms with Crippen molar-refractivity contribution in [3.63, 3.8) is 0 Å². The van der Waals surface area contributed by atoms with Crippen LogP contribution in [-0.4, -0.2) is 42.6 Å². The van der Waals surface area contributed by atoms with E-state index in [4.69, 9.17) is 27.9 Å². The molecule has 0 saturated carbocycles. The number of thiazole rings is 1. The van der Waals surface area contributed by atoms with Crippen molar-refractivity contribution >= 4 is 62.3 Å². The van der Waals surface area contributed by atoms with Gasteiger partial charge in [0.25, 0.3) is 5.91 Å². The molecule has 9 heteroatoms. The van der Waals surface area contributed by atoms with E-state index in [1.54, 1.807) is 30.6 Å². The Bertz CT molecular complexity index is 1130. The first-order chi connectivity index (χ1) is 15.0. The van der Waals surface area contributed by atoms with Crippen molar-refractivity contribution in [2.45, 2.75) is 25.8 Å². The number of piperidine rings is 1. The maximum atomic E-state index is 12.6. The first-order valence-electron chi connectivity index (χ1n) is 10.0. The standard InChI is InChI=1S/C22H21Cl2N3O3S/c1-2-30-22(29)15-10-20-18(25-12-31-20)11-19(15)27-7-5-14(6-8-27)26-21(28)13-3-4-16(23)17(24)9-13/h3-4,9-12,14H,2,5-8H2,1H3,(H,26,28). The summed E-state index contributed by atoms with van der Waals surface area (Å²) in [4.78, 5) is 31.7. The van der Waals surface area contributed by atoms with Crippen LogP contribution in [0.25, 0.3) is 10.2 Å². The zero-order valence-corrected chi connectivity index (χ0v) is 19.2. The molecular formula is C22H21Cl2N3O3S. The van der Waals surface area contributed by atoms with E-state index in [0.717, 1.165) is 28.7 Å². The lowest BCUT2D eigenvalue weighted by Gasteiger charge is -2.34. The number of fused-ring (bicyclic) bond motifs is 1. The molecule has 1 N–H and O–H groups in total. The summed E-state index contributed by atoms with van der Waals surface area (Å²) < 4.78 is 6.22. The van der Waals surface area contributed by atoms with Crippen molar-refractivity contribution in [3.8, 4) is 0 Å². The zero-order chi connectivity index (χ0) is 22.0. The monoisotopic (exact) mass is 477 g/mol. The molecule has 0 radical (unpaired) electrons. The quantitative estimate of drug-likeness (QED) is 0.512. The number of carbonyl (C=O) groups is 2. The first kappa shape index (κ1) is 21.9. The molecule has 0 spiro atoms. The van der Waals surface area contributed by atoms with Crippen LogP contribution < -0.4 is 10.2 Å². The molecule has 1 amide bonds. The van der Waals surface area contributed by atoms with Crippen molar-refractivity contribution in [2.75, 3.05) is 24.6 Å². The van der Waals surface area contributed by atoms with Gasteiger partial charge in [0.1, 0.15) is 0 Å². The highest BCUT2D eigenvalue weighted by atomic mass is 35.5. The summed E-state index contributed by atoms with van der Waals surface area (Å²) in [7, 11) is 0. The predicted octanol–water partition coefficient (Wildman–Crippen LogP) is 5.18. The van der Waals surface area contributed by atoms with Crippen LogP contribution in [0.5, 0.6) is 0 Å². The topological polar surface area (TPSA) is 71.5 Å². The van der Waals surface area contributed by atoms with Crippen LogP contribution in [0.2, 0.25) is 10.0 Å². The SMILES string of the molecule is CCOC(=O)c1cc2scnc2cc1N1CCC(NC(=O)c2ccc(Cl)c(Cl)c2)CC1. The Morgan fingerprint density at radius 2 is 1.97 bits per heavy atom. The molecule has 1 fully saturated rings. The van der Waals surface area contributed by atoms with Crippen molar-refractivity contribution in [1.82, 2.24) is 10.3 Å². The van der Waals surface area contributed by atoms with Crippen LogP contribution in [0.3, 0.4) is 0 Å². The highest BCUT2D eigenvalue weighted by Gasteiger charge is 2.25. The summed E-state index contributed by atoms with van der Waals surface area (Å²) in [6.45, 7) is 3.52. The molecule has 0 bridgehead atoms. The van der Waals surface area contributed by atoms with Crippen molar-refractivity contribution < 1.29 is 14.3 Å². The maximum Gasteiger partial charge on any atom is 0.340 e. The average molecular weight is 478 g/mol. The number of rotatable bonds is 5. The summed E-state index contributed by atoms with van der Waals surface area (Å²) in [5, 5.41) is 3.84. The Hall–Kier alpha value is -2.35. The van der Waals surface area contributed by atoms with Gasteiger partial charge in [-0.15, -0.1) is 11.3 Å². The average Bonchev–Trinajstić information content (AvgIpc) is 3.23. The molecule has 162 valence electrons. The van der Waals surface area contributed by atoms with E-state index in [0.29, 0.717) is 40.9 Å². The van der Waals surface area contributed by atoms with Gasteiger partial charge in [-0.25, -0.2) is 9.78 Å². The summed E-state index contributed by atoms with van der Waals surface area (Å²) in [6.07, 6.45) is 1.51. The van der Waals surface area contributed by atoms with Crippen molar-refractivity contribution in [2.24, 2.45) is 0 Å². The van der Waals surface area contributed by atoms with E-state index in [2.05, 4.69) is 15.2 Å². The van der Waals surface area contributed by atoms with Gasteiger partial charge < -0.3 is 15.0 Å². The van der Waals surface area contributed by atoms with Crippen LogP contribution in [0, 0.1) is 0 Å². The van der Waals surface area contributed by atoms with Crippen LogP contribution >= 0.6 is 34.5 Å². The number of halogens is 2. The van der Waals surface area contributed by atoms with E-state index >= 15 is 0 Å². The minimum Gasteiger partial charge on any atom is -0.462 e. The number of benzene rings is 2. The Balaban J connectivity index is 1.46. The summed E-state index contributed by atoms with van der Waals surface area (Å²) in [6, 6.07) is 8.70. The second kappa shape index (κ2) is 9.42. The van der Waals surface area contributed by atoms with E-state index in [-0.39, 0.29) is 17.9 Å². The molecule has 0 unspecified atom stereocenters. The fraction of sp³-hybridized carbons (Fsp3) is 0.318. The van der Waals surface area contributed by atoms with Gasteiger partial charge in [-0.3, -0.25) is 4.79 Å². The minimum absolute atomic E-state index is 0.0345. The summed E-state index contributed by atoms with van der Waals surface area (Å²) in [5.41, 5.74) is 4.50. The number of carbonyl (C=O) groups excluding carboxylic acids is 2. The van der Waals surface area contributed by atoms with E-state index in [1.165, 1.54) is 11.3 Å². The molecular weight excluding hydrogens is 457 g/mol. The van der Waals surface area contributed by atoms with Gasteiger partial charge in [0.15, 0.2) is 0 Å². The molecule has 0 atom stereocenters. The normalized spacial score (nSPS) is 14.6. The number of aromatic nitrogens is 1. The number of nitrogens with one attached hydrogen (secondary N) is 1. The minimum atomic E-state index is -0.331. The Kier molecular flexibility index (Phi) is 6.65. The highest BCUT2D eigenvalue weighted by Crippen LogP contribution is 2.31. The van der Waals surface area contributed by atoms with Crippen molar-refractivity contribution in [1.29, 1.82) is 0 Å². The Labute approximate surface area is 194 Å². The van der Waals surface area contributed by atoms with Crippen LogP contribution in [0.1, 0.15) is 40.5 Å². The molecule has 1 aliphatic heterocycles. The second-order valence-electron chi connectivity index (χ2n) is 7.27. The van der Waals surface area contributed by atoms with Gasteiger partial charge in [-0.2, -0.15) is 0 Å². The number of anilines is 1. The smallest absolute Gasteiger partial charge is 0.340 e. The van der Waals surface area contributed by atoms with Crippen LogP contribution in [0.4, 0.5) is 5.69 Å². The van der Waals surface area contributed by atoms with Gasteiger partial charge in [-0.05, 0) is 50.1 Å². The lowest BCUT2D eigenvalue weighted by atomic mass is 10.0. The molecule has 4 rings (SSSR count). The number of amides is 1. The third kappa shape index (κ3) is 4.79. The second-order valence-corrected chi connectivity index (χ2v) is 8.97. The van der Waals surface area contributed by atoms with Gasteiger partial charge >= 0.3 is 5.97 Å². The highest BCUT2D eigenvalue weighted by molar-refractivity contribution is 7.16. The van der Waals surface area contributed by atoms with Gasteiger partial charge in [0, 0.05) is 24.7 Å². The number of nitrogens with zero attached hydrogens (tertiary/aromatic N) is 2. The zero-order valence-electron chi connectivity index (χ0n) is 16.9. The van der Waals surface area contributed by atoms with Crippen LogP contribution in [0.15, 0.2) is 35.8 Å². The fourth-order valence-electron chi connectivity index (χ4n) is 3.70. The maximum absolute atomic E-state index is 12.6. The molecule has 0 aliphatic carbocycles. The third-order valence-electron chi connectivity index (χ3n) is 5.30. The Morgan fingerprint density at radius 1 is 1.19 bits per heavy atom. The third-order valence-corrected chi connectivity index (χ3v) is 6.83.